The fourth-order valence-corrected chi connectivity index (χ4v) is 2.16. The van der Waals surface area contributed by atoms with Crippen molar-refractivity contribution in [3.05, 3.63) is 34.6 Å². The summed E-state index contributed by atoms with van der Waals surface area (Å²) in [6, 6.07) is 4.65. The van der Waals surface area contributed by atoms with Crippen molar-refractivity contribution >= 4 is 11.6 Å². The quantitative estimate of drug-likeness (QED) is 0.814. The second kappa shape index (κ2) is 4.47. The highest BCUT2D eigenvalue weighted by atomic mass is 35.5. The lowest BCUT2D eigenvalue weighted by Gasteiger charge is -2.18. The third-order valence-electron chi connectivity index (χ3n) is 2.93. The van der Waals surface area contributed by atoms with Gasteiger partial charge in [-0.05, 0) is 43.1 Å². The Labute approximate surface area is 93.6 Å². The van der Waals surface area contributed by atoms with E-state index in [0.717, 1.165) is 25.1 Å². The standard InChI is InChI=1S/C11H14ClFN2/c12-9-5-7(1-2-10(9)13)11(14)8-3-4-15-6-8/h1-2,5,8,11,15H,3-4,6,14H2/t8-,11+/m0/s1. The number of nitrogens with two attached hydrogens (primary N) is 1. The van der Waals surface area contributed by atoms with Crippen LogP contribution >= 0.6 is 11.6 Å². The monoisotopic (exact) mass is 228 g/mol. The van der Waals surface area contributed by atoms with E-state index in [4.69, 9.17) is 17.3 Å². The molecule has 1 aromatic rings. The minimum absolute atomic E-state index is 0.0573. The topological polar surface area (TPSA) is 38.0 Å². The minimum Gasteiger partial charge on any atom is -0.324 e. The molecule has 3 N–H and O–H groups in total. The number of hydrogen-bond acceptors (Lipinski definition) is 2. The van der Waals surface area contributed by atoms with Gasteiger partial charge in [-0.1, -0.05) is 17.7 Å². The van der Waals surface area contributed by atoms with Crippen LogP contribution in [0.15, 0.2) is 18.2 Å². The lowest BCUT2D eigenvalue weighted by atomic mass is 9.93. The van der Waals surface area contributed by atoms with Crippen molar-refractivity contribution in [1.82, 2.24) is 5.32 Å². The Morgan fingerprint density at radius 3 is 2.93 bits per heavy atom. The molecule has 1 heterocycles. The average Bonchev–Trinajstić information content (AvgIpc) is 2.74. The van der Waals surface area contributed by atoms with Gasteiger partial charge < -0.3 is 11.1 Å². The second-order valence-electron chi connectivity index (χ2n) is 3.95. The van der Waals surface area contributed by atoms with Gasteiger partial charge in [0.2, 0.25) is 0 Å². The average molecular weight is 229 g/mol. The van der Waals surface area contributed by atoms with Crippen molar-refractivity contribution < 1.29 is 4.39 Å². The molecule has 82 valence electrons. The molecule has 4 heteroatoms. The van der Waals surface area contributed by atoms with E-state index in [1.54, 1.807) is 12.1 Å². The van der Waals surface area contributed by atoms with Crippen molar-refractivity contribution in [2.45, 2.75) is 12.5 Å². The molecular weight excluding hydrogens is 215 g/mol. The first kappa shape index (κ1) is 10.9. The van der Waals surface area contributed by atoms with Gasteiger partial charge in [0.05, 0.1) is 5.02 Å². The number of nitrogens with one attached hydrogen (secondary N) is 1. The van der Waals surface area contributed by atoms with E-state index >= 15 is 0 Å². The van der Waals surface area contributed by atoms with Crippen LogP contribution in [0.2, 0.25) is 5.02 Å². The predicted octanol–water partition coefficient (Wildman–Crippen LogP) is 2.09. The summed E-state index contributed by atoms with van der Waals surface area (Å²) in [5, 5.41) is 3.41. The predicted molar refractivity (Wildman–Crippen MR) is 59.3 cm³/mol. The summed E-state index contributed by atoms with van der Waals surface area (Å²) in [7, 11) is 0. The molecule has 0 spiro atoms. The Morgan fingerprint density at radius 2 is 2.33 bits per heavy atom. The van der Waals surface area contributed by atoms with Crippen LogP contribution in [0.1, 0.15) is 18.0 Å². The highest BCUT2D eigenvalue weighted by molar-refractivity contribution is 6.30. The van der Waals surface area contributed by atoms with Gasteiger partial charge >= 0.3 is 0 Å². The SMILES string of the molecule is N[C@H](c1ccc(F)c(Cl)c1)[C@H]1CCNC1. The van der Waals surface area contributed by atoms with E-state index in [-0.39, 0.29) is 11.1 Å². The fourth-order valence-electron chi connectivity index (χ4n) is 1.98. The molecule has 2 nitrogen and oxygen atoms in total. The van der Waals surface area contributed by atoms with E-state index in [1.807, 2.05) is 0 Å². The minimum atomic E-state index is -0.392. The maximum atomic E-state index is 13.0. The molecular formula is C11H14ClFN2. The third-order valence-corrected chi connectivity index (χ3v) is 3.22. The molecule has 1 aliphatic rings. The molecule has 0 bridgehead atoms. The van der Waals surface area contributed by atoms with Gasteiger partial charge in [0.1, 0.15) is 5.82 Å². The molecule has 0 amide bonds. The number of hydrogen-bond donors (Lipinski definition) is 2. The van der Waals surface area contributed by atoms with Crippen LogP contribution in [-0.4, -0.2) is 13.1 Å². The Kier molecular flexibility index (Phi) is 3.24. The molecule has 2 atom stereocenters. The summed E-state index contributed by atoms with van der Waals surface area (Å²) < 4.78 is 13.0. The Morgan fingerprint density at radius 1 is 1.53 bits per heavy atom. The molecule has 1 saturated heterocycles. The Hall–Kier alpha value is -0.640. The van der Waals surface area contributed by atoms with Gasteiger partial charge in [0, 0.05) is 6.04 Å². The van der Waals surface area contributed by atoms with Gasteiger partial charge in [0.25, 0.3) is 0 Å². The maximum absolute atomic E-state index is 13.0. The highest BCUT2D eigenvalue weighted by Crippen LogP contribution is 2.27. The number of rotatable bonds is 2. The van der Waals surface area contributed by atoms with Crippen molar-refractivity contribution in [3.8, 4) is 0 Å². The van der Waals surface area contributed by atoms with Gasteiger partial charge in [0.15, 0.2) is 0 Å². The zero-order chi connectivity index (χ0) is 10.8. The lowest BCUT2D eigenvalue weighted by Crippen LogP contribution is -2.23. The first-order chi connectivity index (χ1) is 7.18. The van der Waals surface area contributed by atoms with Crippen molar-refractivity contribution in [3.63, 3.8) is 0 Å². The maximum Gasteiger partial charge on any atom is 0.141 e. The normalized spacial score (nSPS) is 23.0. The first-order valence-electron chi connectivity index (χ1n) is 5.09. The molecule has 1 aromatic carbocycles. The summed E-state index contributed by atoms with van der Waals surface area (Å²) in [6.45, 7) is 1.93. The van der Waals surface area contributed by atoms with Crippen molar-refractivity contribution in [2.24, 2.45) is 11.7 Å². The van der Waals surface area contributed by atoms with E-state index in [1.165, 1.54) is 6.07 Å². The van der Waals surface area contributed by atoms with E-state index in [2.05, 4.69) is 5.32 Å². The summed E-state index contributed by atoms with van der Waals surface area (Å²) in [5.41, 5.74) is 7.01. The lowest BCUT2D eigenvalue weighted by molar-refractivity contribution is 0.469. The van der Waals surface area contributed by atoms with Gasteiger partial charge in [-0.2, -0.15) is 0 Å². The van der Waals surface area contributed by atoms with Crippen LogP contribution in [0.3, 0.4) is 0 Å². The Bertz CT molecular complexity index is 350. The van der Waals surface area contributed by atoms with Gasteiger partial charge in [-0.3, -0.25) is 0 Å². The molecule has 0 unspecified atom stereocenters. The van der Waals surface area contributed by atoms with Crippen molar-refractivity contribution in [1.29, 1.82) is 0 Å². The van der Waals surface area contributed by atoms with Gasteiger partial charge in [-0.25, -0.2) is 4.39 Å². The van der Waals surface area contributed by atoms with Crippen LogP contribution in [0.4, 0.5) is 4.39 Å². The molecule has 2 rings (SSSR count). The van der Waals surface area contributed by atoms with Crippen LogP contribution in [-0.2, 0) is 0 Å². The van der Waals surface area contributed by atoms with E-state index < -0.39 is 5.82 Å². The molecule has 15 heavy (non-hydrogen) atoms. The van der Waals surface area contributed by atoms with Crippen LogP contribution in [0.25, 0.3) is 0 Å². The summed E-state index contributed by atoms with van der Waals surface area (Å²) in [6.07, 6.45) is 1.07. The van der Waals surface area contributed by atoms with Crippen LogP contribution in [0.5, 0.6) is 0 Å². The zero-order valence-electron chi connectivity index (χ0n) is 8.34. The van der Waals surface area contributed by atoms with Crippen LogP contribution in [0, 0.1) is 11.7 Å². The molecule has 0 radical (unpaired) electrons. The molecule has 0 aliphatic carbocycles. The van der Waals surface area contributed by atoms with Crippen LogP contribution < -0.4 is 11.1 Å². The Balaban J connectivity index is 2.17. The molecule has 0 aromatic heterocycles. The third kappa shape index (κ3) is 2.30. The molecule has 1 fully saturated rings. The number of benzene rings is 1. The van der Waals surface area contributed by atoms with Gasteiger partial charge in [-0.15, -0.1) is 0 Å². The summed E-state index contributed by atoms with van der Waals surface area (Å²) >= 11 is 5.72. The highest BCUT2D eigenvalue weighted by Gasteiger charge is 2.23. The smallest absolute Gasteiger partial charge is 0.141 e. The number of halogens is 2. The van der Waals surface area contributed by atoms with Crippen molar-refractivity contribution in [2.75, 3.05) is 13.1 Å². The van der Waals surface area contributed by atoms with E-state index in [9.17, 15) is 4.39 Å². The first-order valence-corrected chi connectivity index (χ1v) is 5.47. The fraction of sp³-hybridized carbons (Fsp3) is 0.455. The van der Waals surface area contributed by atoms with E-state index in [0.29, 0.717) is 5.92 Å². The molecule has 1 aliphatic heterocycles. The summed E-state index contributed by atoms with van der Waals surface area (Å²) in [5.74, 6) is 0.0312. The summed E-state index contributed by atoms with van der Waals surface area (Å²) in [4.78, 5) is 0. The molecule has 0 saturated carbocycles. The second-order valence-corrected chi connectivity index (χ2v) is 4.36. The zero-order valence-corrected chi connectivity index (χ0v) is 9.10. The largest absolute Gasteiger partial charge is 0.324 e.